The first kappa shape index (κ1) is 36.5. The molecule has 4 heterocycles. The van der Waals surface area contributed by atoms with Crippen molar-refractivity contribution in [3.8, 4) is 68.5 Å². The highest BCUT2D eigenvalue weighted by Gasteiger charge is 2.27. The van der Waals surface area contributed by atoms with E-state index in [4.69, 9.17) is 42.9 Å². The third kappa shape index (κ3) is 7.60. The van der Waals surface area contributed by atoms with Gasteiger partial charge in [-0.05, 0) is 84.6 Å². The standard InChI is InChI=1S/C42H46N4O8/c1-47-37-19-29(20-38(48-2)41(37)51-5)33-17-27(9-13-43-33)24-45-15-11-31(12-16-45)46(32-7-8-35-36(23-32)54-26-53-35)25-28-10-14-44-34(18-28)30-21-39(49-3)42(52-6)40(22-30)50-4/h7-10,13-14,17-23,31H,11-12,15-16,24-26H2,1-6H3. The fourth-order valence-electron chi connectivity index (χ4n) is 7.26. The highest BCUT2D eigenvalue weighted by molar-refractivity contribution is 5.70. The Balaban J connectivity index is 1.10. The van der Waals surface area contributed by atoms with Crippen molar-refractivity contribution in [3.63, 3.8) is 0 Å². The van der Waals surface area contributed by atoms with Gasteiger partial charge in [0.25, 0.3) is 0 Å². The van der Waals surface area contributed by atoms with Gasteiger partial charge in [0.2, 0.25) is 18.3 Å². The molecule has 7 rings (SSSR count). The molecular formula is C42H46N4O8. The molecule has 0 radical (unpaired) electrons. The van der Waals surface area contributed by atoms with Crippen LogP contribution in [0.1, 0.15) is 24.0 Å². The summed E-state index contributed by atoms with van der Waals surface area (Å²) in [5, 5.41) is 0. The summed E-state index contributed by atoms with van der Waals surface area (Å²) in [6.45, 7) is 3.63. The zero-order valence-electron chi connectivity index (χ0n) is 31.6. The highest BCUT2D eigenvalue weighted by atomic mass is 16.7. The van der Waals surface area contributed by atoms with Gasteiger partial charge in [-0.3, -0.25) is 14.9 Å². The van der Waals surface area contributed by atoms with Crippen LogP contribution in [-0.2, 0) is 13.1 Å². The maximum atomic E-state index is 5.80. The first-order valence-corrected chi connectivity index (χ1v) is 17.8. The van der Waals surface area contributed by atoms with E-state index in [9.17, 15) is 0 Å². The molecule has 12 nitrogen and oxygen atoms in total. The zero-order chi connectivity index (χ0) is 37.6. The number of likely N-dealkylation sites (tertiary alicyclic amines) is 1. The Kier molecular flexibility index (Phi) is 11.1. The summed E-state index contributed by atoms with van der Waals surface area (Å²) in [5.41, 5.74) is 6.84. The largest absolute Gasteiger partial charge is 0.493 e. The van der Waals surface area contributed by atoms with E-state index in [2.05, 4.69) is 51.2 Å². The van der Waals surface area contributed by atoms with Gasteiger partial charge in [0, 0.05) is 67.5 Å². The zero-order valence-corrected chi connectivity index (χ0v) is 31.6. The molecule has 0 amide bonds. The molecule has 2 aliphatic heterocycles. The van der Waals surface area contributed by atoms with Gasteiger partial charge >= 0.3 is 0 Å². The van der Waals surface area contributed by atoms with Crippen molar-refractivity contribution >= 4 is 5.69 Å². The van der Waals surface area contributed by atoms with E-state index in [0.717, 1.165) is 77.7 Å². The highest BCUT2D eigenvalue weighted by Crippen LogP contribution is 2.43. The van der Waals surface area contributed by atoms with Crippen LogP contribution in [0, 0.1) is 0 Å². The van der Waals surface area contributed by atoms with Gasteiger partial charge in [0.05, 0.1) is 54.0 Å². The monoisotopic (exact) mass is 734 g/mol. The minimum atomic E-state index is 0.232. The number of hydrogen-bond acceptors (Lipinski definition) is 12. The SMILES string of the molecule is COc1cc(-c2cc(CN3CCC(N(Cc4ccnc(-c5cc(OC)c(OC)c(OC)c5)c4)c4ccc5c(c4)OCO5)CC3)ccn2)cc(OC)c1OC. The average molecular weight is 735 g/mol. The van der Waals surface area contributed by atoms with Crippen LogP contribution in [-0.4, -0.2) is 83.5 Å². The summed E-state index contributed by atoms with van der Waals surface area (Å²) >= 11 is 0. The van der Waals surface area contributed by atoms with Crippen molar-refractivity contribution in [2.75, 3.05) is 67.4 Å². The number of rotatable bonds is 14. The number of fused-ring (bicyclic) bond motifs is 1. The first-order chi connectivity index (χ1) is 26.4. The summed E-state index contributed by atoms with van der Waals surface area (Å²) in [4.78, 5) is 14.4. The maximum absolute atomic E-state index is 5.80. The molecule has 0 spiro atoms. The number of methoxy groups -OCH3 is 6. The van der Waals surface area contributed by atoms with E-state index in [0.29, 0.717) is 47.1 Å². The molecule has 2 aliphatic rings. The molecule has 0 aliphatic carbocycles. The molecule has 54 heavy (non-hydrogen) atoms. The molecule has 0 unspecified atom stereocenters. The Morgan fingerprint density at radius 1 is 0.611 bits per heavy atom. The van der Waals surface area contributed by atoms with Gasteiger partial charge < -0.3 is 42.8 Å². The molecule has 0 atom stereocenters. The molecule has 0 bridgehead atoms. The maximum Gasteiger partial charge on any atom is 0.231 e. The third-order valence-corrected chi connectivity index (χ3v) is 10.0. The van der Waals surface area contributed by atoms with Crippen molar-refractivity contribution in [1.29, 1.82) is 0 Å². The van der Waals surface area contributed by atoms with E-state index >= 15 is 0 Å². The molecule has 0 saturated carbocycles. The van der Waals surface area contributed by atoms with Crippen molar-refractivity contribution < 1.29 is 37.9 Å². The third-order valence-electron chi connectivity index (χ3n) is 10.0. The van der Waals surface area contributed by atoms with Gasteiger partial charge in [0.15, 0.2) is 34.5 Å². The van der Waals surface area contributed by atoms with Gasteiger partial charge in [0.1, 0.15) is 0 Å². The number of ether oxygens (including phenoxy) is 8. The topological polar surface area (TPSA) is 106 Å². The molecule has 1 saturated heterocycles. The van der Waals surface area contributed by atoms with Crippen molar-refractivity contribution in [2.24, 2.45) is 0 Å². The molecule has 3 aromatic carbocycles. The van der Waals surface area contributed by atoms with E-state index in [1.165, 1.54) is 5.56 Å². The number of pyridine rings is 2. The number of aromatic nitrogens is 2. The quantitative estimate of drug-likeness (QED) is 0.115. The molecule has 0 N–H and O–H groups in total. The summed E-state index contributed by atoms with van der Waals surface area (Å²) in [7, 11) is 9.67. The number of benzene rings is 3. The van der Waals surface area contributed by atoms with Crippen molar-refractivity contribution in [1.82, 2.24) is 14.9 Å². The Morgan fingerprint density at radius 2 is 1.13 bits per heavy atom. The van der Waals surface area contributed by atoms with Crippen LogP contribution in [0.5, 0.6) is 46.0 Å². The lowest BCUT2D eigenvalue weighted by Gasteiger charge is -2.40. The lowest BCUT2D eigenvalue weighted by atomic mass is 10.00. The molecule has 12 heteroatoms. The van der Waals surface area contributed by atoms with Crippen LogP contribution in [0.3, 0.4) is 0 Å². The minimum absolute atomic E-state index is 0.232. The second-order valence-electron chi connectivity index (χ2n) is 13.1. The molecule has 282 valence electrons. The van der Waals surface area contributed by atoms with Gasteiger partial charge in [-0.2, -0.15) is 0 Å². The van der Waals surface area contributed by atoms with Crippen LogP contribution in [0.15, 0.2) is 79.1 Å². The van der Waals surface area contributed by atoms with Crippen molar-refractivity contribution in [2.45, 2.75) is 32.0 Å². The first-order valence-electron chi connectivity index (χ1n) is 17.8. The lowest BCUT2D eigenvalue weighted by Crippen LogP contribution is -2.44. The van der Waals surface area contributed by atoms with E-state index < -0.39 is 0 Å². The summed E-state index contributed by atoms with van der Waals surface area (Å²) < 4.78 is 44.9. The Labute approximate surface area is 316 Å². The van der Waals surface area contributed by atoms with Gasteiger partial charge in [-0.25, -0.2) is 0 Å². The fraction of sp³-hybridized carbons (Fsp3) is 0.333. The number of piperidine rings is 1. The average Bonchev–Trinajstić information content (AvgIpc) is 3.70. The van der Waals surface area contributed by atoms with E-state index in [1.807, 2.05) is 42.7 Å². The molecule has 1 fully saturated rings. The number of hydrogen-bond donors (Lipinski definition) is 0. The van der Waals surface area contributed by atoms with Crippen LogP contribution in [0.25, 0.3) is 22.5 Å². The van der Waals surface area contributed by atoms with Gasteiger partial charge in [-0.1, -0.05) is 0 Å². The van der Waals surface area contributed by atoms with Crippen LogP contribution in [0.4, 0.5) is 5.69 Å². The lowest BCUT2D eigenvalue weighted by molar-refractivity contribution is 0.174. The molecule has 5 aromatic rings. The molecule has 2 aromatic heterocycles. The Bertz CT molecular complexity index is 2030. The normalized spacial score (nSPS) is 14.0. The van der Waals surface area contributed by atoms with Crippen molar-refractivity contribution in [3.05, 3.63) is 90.3 Å². The Hall–Kier alpha value is -5.88. The van der Waals surface area contributed by atoms with Crippen LogP contribution >= 0.6 is 0 Å². The van der Waals surface area contributed by atoms with Gasteiger partial charge in [-0.15, -0.1) is 0 Å². The predicted octanol–water partition coefficient (Wildman–Crippen LogP) is 7.26. The Morgan fingerprint density at radius 3 is 1.67 bits per heavy atom. The minimum Gasteiger partial charge on any atom is -0.493 e. The van der Waals surface area contributed by atoms with E-state index in [-0.39, 0.29) is 6.79 Å². The summed E-state index contributed by atoms with van der Waals surface area (Å²) in [6, 6.07) is 22.7. The van der Waals surface area contributed by atoms with Crippen LogP contribution < -0.4 is 42.8 Å². The van der Waals surface area contributed by atoms with Crippen LogP contribution in [0.2, 0.25) is 0 Å². The van der Waals surface area contributed by atoms with E-state index in [1.54, 1.807) is 42.7 Å². The summed E-state index contributed by atoms with van der Waals surface area (Å²) in [6.07, 6.45) is 5.70. The number of nitrogens with zero attached hydrogens (tertiary/aromatic N) is 4. The summed E-state index contributed by atoms with van der Waals surface area (Å²) in [5.74, 6) is 4.99. The smallest absolute Gasteiger partial charge is 0.231 e. The molecular weight excluding hydrogens is 688 g/mol. The second-order valence-corrected chi connectivity index (χ2v) is 13.1. The number of anilines is 1. The fourth-order valence-corrected chi connectivity index (χ4v) is 7.26. The second kappa shape index (κ2) is 16.4. The predicted molar refractivity (Wildman–Crippen MR) is 206 cm³/mol.